The molecule has 19 aliphatic rings. The van der Waals surface area contributed by atoms with Crippen LogP contribution in [0.2, 0.25) is 69.8 Å². The highest BCUT2D eigenvalue weighted by Crippen LogP contribution is 2.65. The van der Waals surface area contributed by atoms with Crippen LogP contribution in [0.25, 0.3) is 0 Å². The Bertz CT molecular complexity index is 2990. The van der Waals surface area contributed by atoms with Crippen molar-refractivity contribution in [3.8, 4) is 0 Å². The molecular formula is C80H132B6N6O8. The minimum Gasteiger partial charge on any atom is -0.654 e. The van der Waals surface area contributed by atoms with Crippen molar-refractivity contribution >= 4 is 62.4 Å². The lowest BCUT2D eigenvalue weighted by Gasteiger charge is -2.55. The molecule has 0 atom stereocenters. The zero-order valence-corrected chi connectivity index (χ0v) is 62.8. The van der Waals surface area contributed by atoms with E-state index in [4.69, 9.17) is 47.1 Å². The first kappa shape index (κ1) is 67.2. The van der Waals surface area contributed by atoms with Gasteiger partial charge in [-0.1, -0.05) is 420 Å². The minimum absolute atomic E-state index is 0.172. The van der Waals surface area contributed by atoms with Gasteiger partial charge in [-0.05, 0) is 34.9 Å². The Morgan fingerprint density at radius 1 is 0.230 bits per heavy atom. The van der Waals surface area contributed by atoms with Gasteiger partial charge in [-0.15, -0.1) is 0 Å². The Balaban J connectivity index is 0.946. The first-order chi connectivity index (χ1) is 49.5. The third kappa shape index (κ3) is 10.8. The Labute approximate surface area is 603 Å². The first-order valence-corrected chi connectivity index (χ1v) is 45.5. The van der Waals surface area contributed by atoms with Crippen molar-refractivity contribution in [1.29, 1.82) is 0 Å². The van der Waals surface area contributed by atoms with E-state index >= 15 is 0 Å². The number of hydrogen-bond acceptors (Lipinski definition) is 8. The molecule has 7 aliphatic heterocycles. The summed E-state index contributed by atoms with van der Waals surface area (Å²) in [5.41, 5.74) is 4.23. The molecule has 0 amide bonds. The molecule has 20 heteroatoms. The fourth-order valence-electron chi connectivity index (χ4n) is 29.6. The molecule has 12 saturated carbocycles. The van der Waals surface area contributed by atoms with Gasteiger partial charge in [0.05, 0.1) is 0 Å². The molecule has 14 nitrogen and oxygen atoms in total. The van der Waals surface area contributed by atoms with Crippen molar-refractivity contribution in [3.63, 3.8) is 0 Å². The van der Waals surface area contributed by atoms with Crippen LogP contribution >= 0.6 is 0 Å². The Kier molecular flexibility index (Phi) is 18.8. The molecule has 12 aliphatic carbocycles. The number of nitrogens with zero attached hydrogens (tertiary/aromatic N) is 6. The van der Waals surface area contributed by atoms with Crippen molar-refractivity contribution < 1.29 is 55.0 Å². The molecule has 0 aromatic heterocycles. The summed E-state index contributed by atoms with van der Waals surface area (Å²) in [5.74, 6) is 6.49. The summed E-state index contributed by atoms with van der Waals surface area (Å²) in [7, 11) is 0. The molecule has 0 aromatic carbocycles. The van der Waals surface area contributed by atoms with E-state index in [1.807, 2.05) is 0 Å². The normalized spacial score (nSPS) is 32.6. The summed E-state index contributed by atoms with van der Waals surface area (Å²) in [4.78, 5) is 0. The standard InChI is InChI=1S/C80H132B6N6O8/c1-13-37-61(38-14-1)81(62-39-15-2-16-40-62)89-73-74-78(94-82(90(74)87-89,63-41-17-3-18-42-63)64-43-19-4-20-44-64)98-86(71-57-33-11-34-58-71,72-59-35-12-36-60-72)100-80-76-75-79(99-85(97-77(73)93-81,69-53-29-9-30-54-69)70-55-31-10-32-56-70)95-83(65-45-21-5-22-46-65,66-47-23-6-24-48-66)91(75)88-92(76)84(96-80,67-49-25-7-26-50-67)68-51-27-8-28-52-68/h61-72H,1-60H2. The fourth-order valence-corrected chi connectivity index (χ4v) is 29.6. The number of carbonyl (C=O) groups excluding carboxylic acids is 2. The van der Waals surface area contributed by atoms with Gasteiger partial charge in [0.1, 0.15) is 0 Å². The quantitative estimate of drug-likeness (QED) is 0.142. The van der Waals surface area contributed by atoms with Crippen LogP contribution in [0.3, 0.4) is 0 Å². The van der Waals surface area contributed by atoms with Crippen molar-refractivity contribution in [1.82, 2.24) is 0 Å². The van der Waals surface area contributed by atoms with Gasteiger partial charge in [0.25, 0.3) is 11.9 Å². The zero-order chi connectivity index (χ0) is 66.4. The fraction of sp³-hybridized carbons (Fsp3) is 0.900. The second kappa shape index (κ2) is 28.0. The summed E-state index contributed by atoms with van der Waals surface area (Å²) < 4.78 is 82.6. The van der Waals surface area contributed by atoms with E-state index in [1.54, 1.807) is 0 Å². The van der Waals surface area contributed by atoms with Gasteiger partial charge in [-0.3, -0.25) is 0 Å². The lowest BCUT2D eigenvalue weighted by atomic mass is 9.31. The molecule has 0 saturated heterocycles. The van der Waals surface area contributed by atoms with Crippen LogP contribution in [0.5, 0.6) is 0 Å². The maximum atomic E-state index is 9.14. The zero-order valence-electron chi connectivity index (χ0n) is 62.8. The minimum atomic E-state index is -2.27. The Morgan fingerprint density at radius 2 is 0.440 bits per heavy atom. The highest BCUT2D eigenvalue weighted by Gasteiger charge is 2.82. The summed E-state index contributed by atoms with van der Waals surface area (Å²) in [6.07, 6.45) is 72.6. The van der Waals surface area contributed by atoms with Crippen molar-refractivity contribution in [2.24, 2.45) is 10.4 Å². The van der Waals surface area contributed by atoms with Gasteiger partial charge in [0.15, 0.2) is 10.4 Å². The molecule has 0 unspecified atom stereocenters. The molecule has 12 fully saturated rings. The van der Waals surface area contributed by atoms with Crippen molar-refractivity contribution in [3.05, 3.63) is 23.3 Å². The van der Waals surface area contributed by atoms with Crippen LogP contribution in [0.1, 0.15) is 385 Å². The predicted octanol–water partition coefficient (Wildman–Crippen LogP) is 23.0. The lowest BCUT2D eigenvalue weighted by molar-refractivity contribution is -0.571. The monoisotopic (exact) mass is 1370 g/mol. The first-order valence-electron chi connectivity index (χ1n) is 45.5. The van der Waals surface area contributed by atoms with E-state index in [0.717, 1.165) is 98.0 Å². The number of hydrogen-bond donors (Lipinski definition) is 0. The molecular weight excluding hydrogens is 1240 g/mol. The molecule has 7 heterocycles. The van der Waals surface area contributed by atoms with Crippen LogP contribution in [0.4, 0.5) is 0 Å². The summed E-state index contributed by atoms with van der Waals surface area (Å²) in [6.45, 7) is -11.8. The summed E-state index contributed by atoms with van der Waals surface area (Å²) in [6, 6.07) is 0. The van der Waals surface area contributed by atoms with Crippen LogP contribution in [-0.2, 0) is 36.6 Å². The van der Waals surface area contributed by atoms with Crippen molar-refractivity contribution in [2.75, 3.05) is 0 Å². The summed E-state index contributed by atoms with van der Waals surface area (Å²) >= 11 is 0. The Morgan fingerprint density at radius 3 is 0.680 bits per heavy atom. The highest BCUT2D eigenvalue weighted by molar-refractivity contribution is 6.80. The highest BCUT2D eigenvalue weighted by atomic mass is 16.7. The largest absolute Gasteiger partial charge is 0.654 e. The lowest BCUT2D eigenvalue weighted by Crippen LogP contribution is -2.58. The van der Waals surface area contributed by atoms with E-state index in [0.29, 0.717) is 46.5 Å². The van der Waals surface area contributed by atoms with E-state index in [-0.39, 0.29) is 23.3 Å². The molecule has 0 aromatic rings. The van der Waals surface area contributed by atoms with E-state index in [2.05, 4.69) is 18.4 Å². The van der Waals surface area contributed by atoms with E-state index in [1.165, 1.54) is 334 Å². The molecule has 100 heavy (non-hydrogen) atoms. The smallest absolute Gasteiger partial charge is 0.606 e. The van der Waals surface area contributed by atoms with E-state index < -0.39 is 39.0 Å². The Hall–Kier alpha value is -3.45. The van der Waals surface area contributed by atoms with Crippen LogP contribution in [-0.4, -0.2) is 80.8 Å². The molecule has 0 bridgehead atoms. The van der Waals surface area contributed by atoms with Crippen LogP contribution in [0, 0.1) is 0 Å². The van der Waals surface area contributed by atoms with Gasteiger partial charge in [0.2, 0.25) is 0 Å². The average Bonchev–Trinajstić information content (AvgIpc) is 1.51. The maximum Gasteiger partial charge on any atom is 0.606 e. The van der Waals surface area contributed by atoms with Gasteiger partial charge in [0, 0.05) is 0 Å². The predicted molar refractivity (Wildman–Crippen MR) is 403 cm³/mol. The third-order valence-electron chi connectivity index (χ3n) is 34.2. The van der Waals surface area contributed by atoms with Gasteiger partial charge in [-0.25, -0.2) is 0 Å². The second-order valence-electron chi connectivity index (χ2n) is 39.0. The molecule has 0 N–H and O–H groups in total. The SMILES string of the molecule is C1CCC([B-]2(C3CCCCC3)OC3=C4C5=[N+](N=[N+]4[B-](C4CCCCC4)(C4CCCCC4)O3)[B-](C3CCCCC3)(C3CCCCC3)OC5=[O+][B-](C3CCCCC3)(C3CCCCC3)[O+]=C3O[B-](C4CCCCC4)(C4CCCCC4)[N+]4=C3C3=C(O2)O[B-](C2CCCCC2)(C2CCCCC2)[N+]3=N4)CC1. The van der Waals surface area contributed by atoms with Gasteiger partial charge in [-0.2, -0.15) is 18.4 Å². The topological polar surface area (TPSA) is 115 Å². The van der Waals surface area contributed by atoms with Crippen LogP contribution in [0.15, 0.2) is 33.7 Å². The molecule has 548 valence electrons. The van der Waals surface area contributed by atoms with Crippen LogP contribution < -0.4 is 0 Å². The molecule has 0 radical (unpaired) electrons. The number of rotatable bonds is 12. The molecule has 0 spiro atoms. The third-order valence-corrected chi connectivity index (χ3v) is 34.2. The van der Waals surface area contributed by atoms with Gasteiger partial charge < -0.3 is 36.6 Å². The van der Waals surface area contributed by atoms with E-state index in [9.17, 15) is 0 Å². The summed E-state index contributed by atoms with van der Waals surface area (Å²) in [5, 5.41) is 13.3. The second-order valence-corrected chi connectivity index (χ2v) is 39.0. The van der Waals surface area contributed by atoms with Gasteiger partial charge >= 0.3 is 73.8 Å². The van der Waals surface area contributed by atoms with Crippen molar-refractivity contribution in [2.45, 2.75) is 455 Å². The maximum absolute atomic E-state index is 9.14. The average molecular weight is 1370 g/mol. The molecule has 19 rings (SSSR count).